The molecule has 0 radical (unpaired) electrons. The van der Waals surface area contributed by atoms with Crippen molar-refractivity contribution in [1.29, 1.82) is 10.5 Å². The minimum Gasteiger partial charge on any atom is -0.366 e. The van der Waals surface area contributed by atoms with E-state index in [1.807, 2.05) is 24.1 Å². The molecule has 29 heavy (non-hydrogen) atoms. The van der Waals surface area contributed by atoms with Gasteiger partial charge >= 0.3 is 0 Å². The van der Waals surface area contributed by atoms with E-state index in [4.69, 9.17) is 10.00 Å². The molecule has 1 heterocycles. The molecule has 0 aliphatic carbocycles. The van der Waals surface area contributed by atoms with Crippen molar-refractivity contribution in [2.45, 2.75) is 18.1 Å². The molecular formula is C22H21FN4O2. The standard InChI is InChI=1S/C22H21FN4O2/c1-27-13-22(14-27,29-2)21(28)26-19(12-25)9-18-8-7-17(10-20(18)23)16-5-3-15(11-24)4-6-16/h3-8,10,19H,9,13-14H2,1-2H3,(H,26,28). The van der Waals surface area contributed by atoms with E-state index in [0.29, 0.717) is 29.8 Å². The van der Waals surface area contributed by atoms with Crippen LogP contribution in [0.3, 0.4) is 0 Å². The monoisotopic (exact) mass is 392 g/mol. The number of hydrogen-bond donors (Lipinski definition) is 1. The maximum atomic E-state index is 14.6. The minimum atomic E-state index is -0.957. The number of amides is 1. The Morgan fingerprint density at radius 3 is 2.41 bits per heavy atom. The normalized spacial score (nSPS) is 16.2. The Kier molecular flexibility index (Phi) is 5.93. The molecule has 0 bridgehead atoms. The summed E-state index contributed by atoms with van der Waals surface area (Å²) in [4.78, 5) is 14.5. The zero-order chi connectivity index (χ0) is 21.0. The molecular weight excluding hydrogens is 371 g/mol. The zero-order valence-electron chi connectivity index (χ0n) is 16.3. The van der Waals surface area contributed by atoms with Gasteiger partial charge in [0.2, 0.25) is 0 Å². The molecule has 148 valence electrons. The summed E-state index contributed by atoms with van der Waals surface area (Å²) in [6.07, 6.45) is 0.0529. The summed E-state index contributed by atoms with van der Waals surface area (Å²) in [5, 5.41) is 21.0. The first-order chi connectivity index (χ1) is 13.9. The third-order valence-corrected chi connectivity index (χ3v) is 5.14. The molecule has 1 atom stereocenters. The first kappa shape index (κ1) is 20.5. The van der Waals surface area contributed by atoms with Crippen molar-refractivity contribution in [3.8, 4) is 23.3 Å². The second-order valence-corrected chi connectivity index (χ2v) is 7.23. The van der Waals surface area contributed by atoms with Crippen molar-refractivity contribution in [3.05, 3.63) is 59.4 Å². The van der Waals surface area contributed by atoms with E-state index in [1.165, 1.54) is 13.2 Å². The van der Waals surface area contributed by atoms with Crippen LogP contribution < -0.4 is 5.32 Å². The number of halogens is 1. The predicted octanol–water partition coefficient (Wildman–Crippen LogP) is 2.25. The van der Waals surface area contributed by atoms with E-state index >= 15 is 0 Å². The number of likely N-dealkylation sites (N-methyl/N-ethyl adjacent to an activating group) is 1. The Morgan fingerprint density at radius 2 is 1.90 bits per heavy atom. The largest absolute Gasteiger partial charge is 0.366 e. The number of carbonyl (C=O) groups is 1. The first-order valence-corrected chi connectivity index (χ1v) is 9.14. The quantitative estimate of drug-likeness (QED) is 0.814. The van der Waals surface area contributed by atoms with Crippen LogP contribution in [0.25, 0.3) is 11.1 Å². The summed E-state index contributed by atoms with van der Waals surface area (Å²) in [5.41, 5.74) is 1.37. The van der Waals surface area contributed by atoms with Crippen molar-refractivity contribution < 1.29 is 13.9 Å². The van der Waals surface area contributed by atoms with Gasteiger partial charge in [0.25, 0.3) is 5.91 Å². The third kappa shape index (κ3) is 4.27. The van der Waals surface area contributed by atoms with E-state index in [2.05, 4.69) is 5.32 Å². The molecule has 0 saturated carbocycles. The van der Waals surface area contributed by atoms with Crippen LogP contribution in [0, 0.1) is 28.5 Å². The fourth-order valence-corrected chi connectivity index (χ4v) is 3.46. The number of ether oxygens (including phenoxy) is 1. The fraction of sp³-hybridized carbons (Fsp3) is 0.318. The van der Waals surface area contributed by atoms with Crippen molar-refractivity contribution >= 4 is 5.91 Å². The summed E-state index contributed by atoms with van der Waals surface area (Å²) in [6, 6.07) is 14.8. The lowest BCUT2D eigenvalue weighted by Crippen LogP contribution is -2.69. The fourth-order valence-electron chi connectivity index (χ4n) is 3.46. The van der Waals surface area contributed by atoms with Gasteiger partial charge in [-0.15, -0.1) is 0 Å². The van der Waals surface area contributed by atoms with Crippen molar-refractivity contribution in [2.24, 2.45) is 0 Å². The molecule has 1 saturated heterocycles. The highest BCUT2D eigenvalue weighted by molar-refractivity contribution is 5.87. The number of methoxy groups -OCH3 is 1. The Balaban J connectivity index is 1.70. The smallest absolute Gasteiger partial charge is 0.255 e. The van der Waals surface area contributed by atoms with Crippen LogP contribution in [0.15, 0.2) is 42.5 Å². The molecule has 7 heteroatoms. The van der Waals surface area contributed by atoms with Gasteiger partial charge in [-0.3, -0.25) is 9.69 Å². The summed E-state index contributed by atoms with van der Waals surface area (Å²) in [7, 11) is 3.34. The van der Waals surface area contributed by atoms with Crippen LogP contribution >= 0.6 is 0 Å². The molecule has 1 aliphatic rings. The highest BCUT2D eigenvalue weighted by Gasteiger charge is 2.48. The Hall–Kier alpha value is -3.26. The number of nitrogens with one attached hydrogen (secondary N) is 1. The van der Waals surface area contributed by atoms with Crippen LogP contribution in [0.5, 0.6) is 0 Å². The topological polar surface area (TPSA) is 89.1 Å². The summed E-state index contributed by atoms with van der Waals surface area (Å²) >= 11 is 0. The lowest BCUT2D eigenvalue weighted by Gasteiger charge is -2.45. The minimum absolute atomic E-state index is 0.0529. The zero-order valence-corrected chi connectivity index (χ0v) is 16.3. The number of rotatable bonds is 6. The lowest BCUT2D eigenvalue weighted by molar-refractivity contribution is -0.164. The second-order valence-electron chi connectivity index (χ2n) is 7.23. The molecule has 2 aromatic rings. The van der Waals surface area contributed by atoms with E-state index in [9.17, 15) is 14.4 Å². The molecule has 1 aliphatic heterocycles. The van der Waals surface area contributed by atoms with Gasteiger partial charge in [0.1, 0.15) is 11.9 Å². The van der Waals surface area contributed by atoms with Gasteiger partial charge in [0, 0.05) is 26.6 Å². The molecule has 1 N–H and O–H groups in total. The summed E-state index contributed by atoms with van der Waals surface area (Å²) in [6.45, 7) is 0.891. The summed E-state index contributed by atoms with van der Waals surface area (Å²) in [5.74, 6) is -0.814. The molecule has 2 aromatic carbocycles. The van der Waals surface area contributed by atoms with Gasteiger partial charge in [-0.1, -0.05) is 24.3 Å². The van der Waals surface area contributed by atoms with E-state index < -0.39 is 17.5 Å². The Morgan fingerprint density at radius 1 is 1.24 bits per heavy atom. The summed E-state index contributed by atoms with van der Waals surface area (Å²) < 4.78 is 20.0. The second kappa shape index (κ2) is 8.40. The Bertz CT molecular complexity index is 985. The van der Waals surface area contributed by atoms with Crippen molar-refractivity contribution in [1.82, 2.24) is 10.2 Å². The van der Waals surface area contributed by atoms with Crippen LogP contribution in [-0.2, 0) is 16.0 Å². The Labute approximate surface area is 169 Å². The molecule has 0 spiro atoms. The van der Waals surface area contributed by atoms with E-state index in [-0.39, 0.29) is 12.3 Å². The first-order valence-electron chi connectivity index (χ1n) is 9.14. The van der Waals surface area contributed by atoms with Gasteiger partial charge in [0.15, 0.2) is 5.60 Å². The van der Waals surface area contributed by atoms with Crippen LogP contribution in [0.2, 0.25) is 0 Å². The highest BCUT2D eigenvalue weighted by Crippen LogP contribution is 2.25. The maximum absolute atomic E-state index is 14.6. The van der Waals surface area contributed by atoms with Gasteiger partial charge in [-0.05, 0) is 41.9 Å². The lowest BCUT2D eigenvalue weighted by atomic mass is 9.92. The number of likely N-dealkylation sites (tertiary alicyclic amines) is 1. The van der Waals surface area contributed by atoms with E-state index in [1.54, 1.807) is 36.4 Å². The highest BCUT2D eigenvalue weighted by atomic mass is 19.1. The van der Waals surface area contributed by atoms with Crippen molar-refractivity contribution in [2.75, 3.05) is 27.2 Å². The van der Waals surface area contributed by atoms with Gasteiger partial charge in [-0.25, -0.2) is 4.39 Å². The van der Waals surface area contributed by atoms with E-state index in [0.717, 1.165) is 5.56 Å². The maximum Gasteiger partial charge on any atom is 0.255 e. The predicted molar refractivity (Wildman–Crippen MR) is 105 cm³/mol. The number of benzene rings is 2. The third-order valence-electron chi connectivity index (χ3n) is 5.14. The number of nitrogens with zero attached hydrogens (tertiary/aromatic N) is 3. The number of carbonyl (C=O) groups excluding carboxylic acids is 1. The van der Waals surface area contributed by atoms with Crippen LogP contribution in [0.1, 0.15) is 11.1 Å². The molecule has 1 amide bonds. The molecule has 6 nitrogen and oxygen atoms in total. The molecule has 3 rings (SSSR count). The average molecular weight is 392 g/mol. The molecule has 1 unspecified atom stereocenters. The number of hydrogen-bond acceptors (Lipinski definition) is 5. The van der Waals surface area contributed by atoms with Gasteiger partial charge < -0.3 is 10.1 Å². The molecule has 0 aromatic heterocycles. The van der Waals surface area contributed by atoms with Gasteiger partial charge in [0.05, 0.1) is 17.7 Å². The van der Waals surface area contributed by atoms with Gasteiger partial charge in [-0.2, -0.15) is 10.5 Å². The SMILES string of the molecule is COC1(C(=O)NC(C#N)Cc2ccc(-c3ccc(C#N)cc3)cc2F)CN(C)C1. The van der Waals surface area contributed by atoms with Crippen molar-refractivity contribution in [3.63, 3.8) is 0 Å². The molecule has 1 fully saturated rings. The van der Waals surface area contributed by atoms with Crippen LogP contribution in [0.4, 0.5) is 4.39 Å². The van der Waals surface area contributed by atoms with Crippen LogP contribution in [-0.4, -0.2) is 49.7 Å². The number of nitriles is 2. The average Bonchev–Trinajstić information content (AvgIpc) is 2.71.